The van der Waals surface area contributed by atoms with Crippen molar-refractivity contribution in [2.45, 2.75) is 6.61 Å². The molecular formula is C15H17BO3S. The predicted octanol–water partition coefficient (Wildman–Crippen LogP) is 2.65. The van der Waals surface area contributed by atoms with Gasteiger partial charge in [0.1, 0.15) is 12.4 Å². The Morgan fingerprint density at radius 2 is 1.85 bits per heavy atom. The van der Waals surface area contributed by atoms with E-state index < -0.39 is 7.12 Å². The molecule has 0 saturated carbocycles. The van der Waals surface area contributed by atoms with Crippen LogP contribution in [0.25, 0.3) is 10.1 Å². The third kappa shape index (κ3) is 2.85. The van der Waals surface area contributed by atoms with E-state index in [0.29, 0.717) is 12.1 Å². The van der Waals surface area contributed by atoms with Gasteiger partial charge in [0.2, 0.25) is 0 Å². The Labute approximate surface area is 124 Å². The maximum atomic E-state index is 9.18. The molecule has 0 bridgehead atoms. The summed E-state index contributed by atoms with van der Waals surface area (Å²) in [7, 11) is -1.43. The van der Waals surface area contributed by atoms with E-state index in [9.17, 15) is 10.0 Å². The summed E-state index contributed by atoms with van der Waals surface area (Å²) in [4.78, 5) is 1.11. The molecule has 0 aliphatic heterocycles. The number of hydrogen-bond donors (Lipinski definition) is 2. The Hall–Kier alpha value is -1.82. The van der Waals surface area contributed by atoms with Crippen molar-refractivity contribution >= 4 is 34.0 Å². The second-order valence-electron chi connectivity index (χ2n) is 4.49. The van der Waals surface area contributed by atoms with Gasteiger partial charge in [-0.2, -0.15) is 0 Å². The Kier molecular flexibility index (Phi) is 3.73. The maximum Gasteiger partial charge on any atom is 0.488 e. The van der Waals surface area contributed by atoms with Crippen molar-refractivity contribution in [2.75, 3.05) is 0 Å². The SMILES string of the molecule is OB(O)c1ccc2sc(COc3ccccc3)cc2c1.[HH].[HH]. The number of para-hydroxylation sites is 1. The molecule has 2 aromatic carbocycles. The average molecular weight is 288 g/mol. The van der Waals surface area contributed by atoms with Crippen molar-refractivity contribution in [2.24, 2.45) is 0 Å². The van der Waals surface area contributed by atoms with E-state index in [1.54, 1.807) is 23.5 Å². The van der Waals surface area contributed by atoms with E-state index in [0.717, 1.165) is 20.7 Å². The van der Waals surface area contributed by atoms with Crippen LogP contribution in [-0.4, -0.2) is 17.2 Å². The normalized spacial score (nSPS) is 10.7. The summed E-state index contributed by atoms with van der Waals surface area (Å²) in [6.45, 7) is 0.514. The maximum absolute atomic E-state index is 9.18. The summed E-state index contributed by atoms with van der Waals surface area (Å²) in [6.07, 6.45) is 0. The average Bonchev–Trinajstić information content (AvgIpc) is 2.88. The molecule has 0 spiro atoms. The number of hydrogen-bond acceptors (Lipinski definition) is 4. The molecule has 0 amide bonds. The van der Waals surface area contributed by atoms with Gasteiger partial charge in [-0.05, 0) is 35.1 Å². The van der Waals surface area contributed by atoms with Gasteiger partial charge >= 0.3 is 7.12 Å². The highest BCUT2D eigenvalue weighted by atomic mass is 32.1. The lowest BCUT2D eigenvalue weighted by Crippen LogP contribution is -2.29. The predicted molar refractivity (Wildman–Crippen MR) is 86.7 cm³/mol. The third-order valence-corrected chi connectivity index (χ3v) is 4.10. The van der Waals surface area contributed by atoms with Gasteiger partial charge in [-0.1, -0.05) is 30.3 Å². The Bertz CT molecular complexity index is 719. The first-order chi connectivity index (χ1) is 9.72. The number of thiophene rings is 1. The van der Waals surface area contributed by atoms with Crippen LogP contribution < -0.4 is 10.2 Å². The molecule has 0 fully saturated rings. The van der Waals surface area contributed by atoms with Crippen LogP contribution in [-0.2, 0) is 6.61 Å². The number of rotatable bonds is 4. The first-order valence-corrected chi connectivity index (χ1v) is 7.10. The Morgan fingerprint density at radius 1 is 1.05 bits per heavy atom. The van der Waals surface area contributed by atoms with Crippen molar-refractivity contribution in [3.05, 3.63) is 59.5 Å². The first kappa shape index (κ1) is 13.2. The molecule has 1 heterocycles. The molecule has 0 aliphatic rings. The largest absolute Gasteiger partial charge is 0.488 e. The van der Waals surface area contributed by atoms with Gasteiger partial charge in [-0.15, -0.1) is 11.3 Å². The van der Waals surface area contributed by atoms with Crippen LogP contribution in [0.1, 0.15) is 7.73 Å². The van der Waals surface area contributed by atoms with E-state index in [4.69, 9.17) is 4.74 Å². The van der Waals surface area contributed by atoms with Crippen LogP contribution in [0.5, 0.6) is 5.75 Å². The molecule has 3 aromatic rings. The minimum absolute atomic E-state index is 0. The highest BCUT2D eigenvalue weighted by Gasteiger charge is 2.12. The summed E-state index contributed by atoms with van der Waals surface area (Å²) in [6, 6.07) is 17.1. The number of benzene rings is 2. The Balaban J connectivity index is 0.00000121. The van der Waals surface area contributed by atoms with E-state index in [1.165, 1.54) is 0 Å². The van der Waals surface area contributed by atoms with Crippen LogP contribution in [0.15, 0.2) is 54.6 Å². The lowest BCUT2D eigenvalue weighted by atomic mass is 9.80. The second kappa shape index (κ2) is 5.67. The zero-order valence-electron chi connectivity index (χ0n) is 10.7. The standard InChI is InChI=1S/C15H13BO3S.2H2/c17-16(18)12-6-7-15-11(8-12)9-14(20-15)10-19-13-4-2-1-3-5-13;;/h1-9,17-18H,10H2;2*1H. The molecule has 0 atom stereocenters. The fourth-order valence-electron chi connectivity index (χ4n) is 2.02. The van der Waals surface area contributed by atoms with Gasteiger partial charge in [0.05, 0.1) is 0 Å². The van der Waals surface area contributed by atoms with Gasteiger partial charge < -0.3 is 14.8 Å². The minimum atomic E-state index is -1.43. The second-order valence-corrected chi connectivity index (χ2v) is 5.65. The van der Waals surface area contributed by atoms with E-state index in [2.05, 4.69) is 0 Å². The topological polar surface area (TPSA) is 49.7 Å². The zero-order chi connectivity index (χ0) is 13.9. The summed E-state index contributed by atoms with van der Waals surface area (Å²) < 4.78 is 6.82. The smallest absolute Gasteiger partial charge is 0.488 e. The van der Waals surface area contributed by atoms with E-state index >= 15 is 0 Å². The van der Waals surface area contributed by atoms with Crippen LogP contribution in [0, 0.1) is 0 Å². The molecule has 104 valence electrons. The molecule has 0 radical (unpaired) electrons. The molecule has 3 rings (SSSR count). The number of fused-ring (bicyclic) bond motifs is 1. The van der Waals surface area contributed by atoms with Crippen LogP contribution in [0.3, 0.4) is 0 Å². The van der Waals surface area contributed by atoms with Crippen LogP contribution in [0.4, 0.5) is 0 Å². The summed E-state index contributed by atoms with van der Waals surface area (Å²) in [5.41, 5.74) is 0.505. The summed E-state index contributed by atoms with van der Waals surface area (Å²) >= 11 is 1.65. The van der Waals surface area contributed by atoms with Crippen LogP contribution in [0.2, 0.25) is 0 Å². The van der Waals surface area contributed by atoms with Gasteiger partial charge in [0, 0.05) is 12.4 Å². The molecule has 0 saturated heterocycles. The van der Waals surface area contributed by atoms with Gasteiger partial charge in [0.25, 0.3) is 0 Å². The lowest BCUT2D eigenvalue weighted by molar-refractivity contribution is 0.310. The molecule has 0 aliphatic carbocycles. The van der Waals surface area contributed by atoms with E-state index in [-0.39, 0.29) is 2.85 Å². The molecule has 5 heteroatoms. The quantitative estimate of drug-likeness (QED) is 0.726. The summed E-state index contributed by atoms with van der Waals surface area (Å²) in [5, 5.41) is 19.4. The van der Waals surface area contributed by atoms with E-state index in [1.807, 2.05) is 42.5 Å². The molecular weight excluding hydrogens is 271 g/mol. The van der Waals surface area contributed by atoms with Crippen molar-refractivity contribution in [3.63, 3.8) is 0 Å². The van der Waals surface area contributed by atoms with Crippen molar-refractivity contribution in [1.29, 1.82) is 0 Å². The third-order valence-electron chi connectivity index (χ3n) is 3.01. The van der Waals surface area contributed by atoms with Crippen molar-refractivity contribution in [3.8, 4) is 5.75 Å². The molecule has 2 N–H and O–H groups in total. The molecule has 0 unspecified atom stereocenters. The Morgan fingerprint density at radius 3 is 2.60 bits per heavy atom. The van der Waals surface area contributed by atoms with Gasteiger partial charge in [-0.25, -0.2) is 0 Å². The van der Waals surface area contributed by atoms with Gasteiger partial charge in [-0.3, -0.25) is 0 Å². The fourth-order valence-corrected chi connectivity index (χ4v) is 2.98. The zero-order valence-corrected chi connectivity index (χ0v) is 11.5. The van der Waals surface area contributed by atoms with Crippen molar-refractivity contribution < 1.29 is 17.6 Å². The highest BCUT2D eigenvalue weighted by molar-refractivity contribution is 7.19. The fraction of sp³-hybridized carbons (Fsp3) is 0.0667. The van der Waals surface area contributed by atoms with Crippen LogP contribution >= 0.6 is 11.3 Å². The first-order valence-electron chi connectivity index (χ1n) is 6.29. The molecule has 3 nitrogen and oxygen atoms in total. The number of ether oxygens (including phenoxy) is 1. The highest BCUT2D eigenvalue weighted by Crippen LogP contribution is 2.26. The minimum Gasteiger partial charge on any atom is -0.488 e. The summed E-state index contributed by atoms with van der Waals surface area (Å²) in [5.74, 6) is 0.844. The van der Waals surface area contributed by atoms with Gasteiger partial charge in [0.15, 0.2) is 0 Å². The molecule has 20 heavy (non-hydrogen) atoms. The lowest BCUT2D eigenvalue weighted by Gasteiger charge is -2.02. The van der Waals surface area contributed by atoms with Crippen molar-refractivity contribution in [1.82, 2.24) is 0 Å². The monoisotopic (exact) mass is 288 g/mol. The molecule has 1 aromatic heterocycles.